The van der Waals surface area contributed by atoms with Crippen molar-refractivity contribution >= 4 is 6.29 Å². The Morgan fingerprint density at radius 1 is 1.20 bits per heavy atom. The second-order valence-electron chi connectivity index (χ2n) is 3.73. The molecule has 0 aliphatic heterocycles. The Morgan fingerprint density at radius 2 is 1.73 bits per heavy atom. The molecule has 1 aromatic rings. The van der Waals surface area contributed by atoms with Crippen molar-refractivity contribution in [2.24, 2.45) is 0 Å². The first-order valence-electron chi connectivity index (χ1n) is 4.95. The van der Waals surface area contributed by atoms with E-state index in [0.29, 0.717) is 12.4 Å². The SMILES string of the molecule is CCOc1ccc(OC(C)(C)C=O)cc1. The Bertz CT molecular complexity index is 314. The first-order valence-corrected chi connectivity index (χ1v) is 4.95. The quantitative estimate of drug-likeness (QED) is 0.697. The van der Waals surface area contributed by atoms with Crippen molar-refractivity contribution in [2.75, 3.05) is 6.61 Å². The number of hydrogen-bond donors (Lipinski definition) is 0. The van der Waals surface area contributed by atoms with Gasteiger partial charge in [0.2, 0.25) is 0 Å². The molecule has 0 aliphatic rings. The smallest absolute Gasteiger partial charge is 0.162 e. The van der Waals surface area contributed by atoms with Crippen molar-refractivity contribution in [1.29, 1.82) is 0 Å². The van der Waals surface area contributed by atoms with E-state index in [1.165, 1.54) is 0 Å². The number of rotatable bonds is 5. The molecule has 0 radical (unpaired) electrons. The normalized spacial score (nSPS) is 10.9. The van der Waals surface area contributed by atoms with Crippen LogP contribution in [0.1, 0.15) is 20.8 Å². The van der Waals surface area contributed by atoms with Crippen molar-refractivity contribution in [2.45, 2.75) is 26.4 Å². The Morgan fingerprint density at radius 3 is 2.20 bits per heavy atom. The van der Waals surface area contributed by atoms with E-state index in [1.54, 1.807) is 26.0 Å². The third kappa shape index (κ3) is 3.62. The van der Waals surface area contributed by atoms with Crippen LogP contribution in [0.25, 0.3) is 0 Å². The van der Waals surface area contributed by atoms with Gasteiger partial charge in [-0.25, -0.2) is 0 Å². The summed E-state index contributed by atoms with van der Waals surface area (Å²) in [6.45, 7) is 6.01. The molecule has 0 aliphatic carbocycles. The number of hydrogen-bond acceptors (Lipinski definition) is 3. The van der Waals surface area contributed by atoms with Gasteiger partial charge in [0.15, 0.2) is 11.9 Å². The number of benzene rings is 1. The maximum atomic E-state index is 10.7. The topological polar surface area (TPSA) is 35.5 Å². The highest BCUT2D eigenvalue weighted by Gasteiger charge is 2.17. The summed E-state index contributed by atoms with van der Waals surface area (Å²) in [6.07, 6.45) is 0.781. The largest absolute Gasteiger partial charge is 0.494 e. The average Bonchev–Trinajstić information content (AvgIpc) is 2.21. The van der Waals surface area contributed by atoms with E-state index in [4.69, 9.17) is 9.47 Å². The molecular formula is C12H16O3. The van der Waals surface area contributed by atoms with Crippen LogP contribution in [0.2, 0.25) is 0 Å². The zero-order chi connectivity index (χ0) is 11.3. The van der Waals surface area contributed by atoms with Crippen molar-refractivity contribution < 1.29 is 14.3 Å². The minimum Gasteiger partial charge on any atom is -0.494 e. The second-order valence-corrected chi connectivity index (χ2v) is 3.73. The molecule has 0 unspecified atom stereocenters. The van der Waals surface area contributed by atoms with Gasteiger partial charge in [0.25, 0.3) is 0 Å². The lowest BCUT2D eigenvalue weighted by Crippen LogP contribution is -2.29. The maximum Gasteiger partial charge on any atom is 0.162 e. The third-order valence-electron chi connectivity index (χ3n) is 1.80. The van der Waals surface area contributed by atoms with E-state index in [1.807, 2.05) is 19.1 Å². The van der Waals surface area contributed by atoms with Crippen LogP contribution >= 0.6 is 0 Å². The predicted molar refractivity (Wildman–Crippen MR) is 58.4 cm³/mol. The minimum atomic E-state index is -0.785. The first kappa shape index (κ1) is 11.6. The van der Waals surface area contributed by atoms with E-state index in [2.05, 4.69) is 0 Å². The molecule has 3 heteroatoms. The first-order chi connectivity index (χ1) is 7.07. The van der Waals surface area contributed by atoms with Crippen molar-refractivity contribution in [3.63, 3.8) is 0 Å². The molecule has 1 rings (SSSR count). The van der Waals surface area contributed by atoms with Crippen molar-refractivity contribution in [1.82, 2.24) is 0 Å². The van der Waals surface area contributed by atoms with Crippen LogP contribution in [0.15, 0.2) is 24.3 Å². The molecule has 82 valence electrons. The monoisotopic (exact) mass is 208 g/mol. The van der Waals surface area contributed by atoms with Gasteiger partial charge in [-0.15, -0.1) is 0 Å². The van der Waals surface area contributed by atoms with Crippen LogP contribution in [0.4, 0.5) is 0 Å². The molecule has 0 saturated heterocycles. The summed E-state index contributed by atoms with van der Waals surface area (Å²) in [5, 5.41) is 0. The van der Waals surface area contributed by atoms with Gasteiger partial charge in [0.05, 0.1) is 6.61 Å². The summed E-state index contributed by atoms with van der Waals surface area (Å²) in [6, 6.07) is 7.21. The van der Waals surface area contributed by atoms with Gasteiger partial charge in [-0.2, -0.15) is 0 Å². The lowest BCUT2D eigenvalue weighted by atomic mass is 10.2. The molecule has 0 aromatic heterocycles. The molecule has 1 aromatic carbocycles. The number of carbonyl (C=O) groups is 1. The van der Waals surface area contributed by atoms with Crippen LogP contribution in [0.3, 0.4) is 0 Å². The average molecular weight is 208 g/mol. The lowest BCUT2D eigenvalue weighted by molar-refractivity contribution is -0.118. The maximum absolute atomic E-state index is 10.7. The summed E-state index contributed by atoms with van der Waals surface area (Å²) < 4.78 is 10.8. The standard InChI is InChI=1S/C12H16O3/c1-4-14-10-5-7-11(8-6-10)15-12(2,3)9-13/h5-9H,4H2,1-3H3. The fraction of sp³-hybridized carbons (Fsp3) is 0.417. The van der Waals surface area contributed by atoms with Crippen molar-refractivity contribution in [3.05, 3.63) is 24.3 Å². The van der Waals surface area contributed by atoms with Gasteiger partial charge in [-0.3, -0.25) is 4.79 Å². The highest BCUT2D eigenvalue weighted by atomic mass is 16.5. The van der Waals surface area contributed by atoms with Gasteiger partial charge >= 0.3 is 0 Å². The number of aldehydes is 1. The molecule has 3 nitrogen and oxygen atoms in total. The molecule has 0 N–H and O–H groups in total. The molecule has 0 bridgehead atoms. The summed E-state index contributed by atoms with van der Waals surface area (Å²) in [4.78, 5) is 10.7. The zero-order valence-electron chi connectivity index (χ0n) is 9.32. The van der Waals surface area contributed by atoms with Gasteiger partial charge in [0.1, 0.15) is 11.5 Å². The van der Waals surface area contributed by atoms with E-state index in [9.17, 15) is 4.79 Å². The Hall–Kier alpha value is -1.51. The van der Waals surface area contributed by atoms with Gasteiger partial charge in [0, 0.05) is 0 Å². The number of ether oxygens (including phenoxy) is 2. The lowest BCUT2D eigenvalue weighted by Gasteiger charge is -2.19. The van der Waals surface area contributed by atoms with Crippen LogP contribution < -0.4 is 9.47 Å². The predicted octanol–water partition coefficient (Wildman–Crippen LogP) is 2.44. The molecule has 0 heterocycles. The highest BCUT2D eigenvalue weighted by molar-refractivity contribution is 5.61. The van der Waals surface area contributed by atoms with E-state index in [-0.39, 0.29) is 0 Å². The summed E-state index contributed by atoms with van der Waals surface area (Å²) >= 11 is 0. The zero-order valence-corrected chi connectivity index (χ0v) is 9.32. The molecular weight excluding hydrogens is 192 g/mol. The third-order valence-corrected chi connectivity index (χ3v) is 1.80. The fourth-order valence-electron chi connectivity index (χ4n) is 1.10. The summed E-state index contributed by atoms with van der Waals surface area (Å²) in [7, 11) is 0. The van der Waals surface area contributed by atoms with Gasteiger partial charge in [-0.05, 0) is 45.0 Å². The molecule has 0 atom stereocenters. The van der Waals surface area contributed by atoms with Crippen LogP contribution in [-0.4, -0.2) is 18.5 Å². The minimum absolute atomic E-state index is 0.639. The Balaban J connectivity index is 2.68. The molecule has 15 heavy (non-hydrogen) atoms. The highest BCUT2D eigenvalue weighted by Crippen LogP contribution is 2.20. The Kier molecular flexibility index (Phi) is 3.72. The van der Waals surface area contributed by atoms with Crippen LogP contribution in [0, 0.1) is 0 Å². The summed E-state index contributed by atoms with van der Waals surface area (Å²) in [5.41, 5.74) is -0.785. The van der Waals surface area contributed by atoms with Crippen LogP contribution in [0.5, 0.6) is 11.5 Å². The molecule has 0 fully saturated rings. The molecule has 0 amide bonds. The van der Waals surface area contributed by atoms with E-state index < -0.39 is 5.60 Å². The number of carbonyl (C=O) groups excluding carboxylic acids is 1. The molecule has 0 spiro atoms. The fourth-order valence-corrected chi connectivity index (χ4v) is 1.10. The van der Waals surface area contributed by atoms with Gasteiger partial charge < -0.3 is 9.47 Å². The second kappa shape index (κ2) is 4.82. The van der Waals surface area contributed by atoms with Gasteiger partial charge in [-0.1, -0.05) is 0 Å². The van der Waals surface area contributed by atoms with Crippen molar-refractivity contribution in [3.8, 4) is 11.5 Å². The summed E-state index contributed by atoms with van der Waals surface area (Å²) in [5.74, 6) is 1.46. The van der Waals surface area contributed by atoms with E-state index in [0.717, 1.165) is 12.0 Å². The van der Waals surface area contributed by atoms with Crippen LogP contribution in [-0.2, 0) is 4.79 Å². The molecule has 0 saturated carbocycles. The van der Waals surface area contributed by atoms with E-state index >= 15 is 0 Å². The Labute approximate surface area is 90.0 Å².